The van der Waals surface area contributed by atoms with Crippen molar-refractivity contribution >= 4 is 51.6 Å². The minimum absolute atomic E-state index is 0.185. The van der Waals surface area contributed by atoms with Gasteiger partial charge in [0.25, 0.3) is 11.1 Å². The number of rotatable bonds is 9. The zero-order chi connectivity index (χ0) is 23.3. The Labute approximate surface area is 205 Å². The SMILES string of the molecule is C=CCOc1c(I)cc(/C=C2\SC(=O)N(CCOc3cc(C)ccc3C)C2=O)cc1OC. The van der Waals surface area contributed by atoms with Crippen molar-refractivity contribution in [2.75, 3.05) is 26.9 Å². The van der Waals surface area contributed by atoms with Crippen LogP contribution in [0.1, 0.15) is 16.7 Å². The largest absolute Gasteiger partial charge is 0.493 e. The van der Waals surface area contributed by atoms with Crippen molar-refractivity contribution in [3.63, 3.8) is 0 Å². The van der Waals surface area contributed by atoms with E-state index in [0.29, 0.717) is 23.0 Å². The van der Waals surface area contributed by atoms with Crippen LogP contribution in [0, 0.1) is 17.4 Å². The number of thioether (sulfide) groups is 1. The number of imide groups is 1. The van der Waals surface area contributed by atoms with E-state index in [-0.39, 0.29) is 24.3 Å². The number of nitrogens with zero attached hydrogens (tertiary/aromatic N) is 1. The second kappa shape index (κ2) is 10.9. The Balaban J connectivity index is 1.71. The number of hydrogen-bond acceptors (Lipinski definition) is 6. The summed E-state index contributed by atoms with van der Waals surface area (Å²) in [4.78, 5) is 26.8. The number of benzene rings is 2. The van der Waals surface area contributed by atoms with Crippen LogP contribution in [0.15, 0.2) is 47.9 Å². The first-order chi connectivity index (χ1) is 15.3. The van der Waals surface area contributed by atoms with Crippen LogP contribution in [-0.4, -0.2) is 42.9 Å². The molecule has 168 valence electrons. The summed E-state index contributed by atoms with van der Waals surface area (Å²) in [6, 6.07) is 9.59. The Hall–Kier alpha value is -2.46. The molecule has 2 amide bonds. The van der Waals surface area contributed by atoms with E-state index in [1.54, 1.807) is 25.3 Å². The minimum Gasteiger partial charge on any atom is -0.493 e. The van der Waals surface area contributed by atoms with Crippen molar-refractivity contribution in [3.8, 4) is 17.2 Å². The fourth-order valence-corrected chi connectivity index (χ4v) is 4.71. The van der Waals surface area contributed by atoms with E-state index in [9.17, 15) is 9.59 Å². The van der Waals surface area contributed by atoms with Gasteiger partial charge >= 0.3 is 0 Å². The number of carbonyl (C=O) groups excluding carboxylic acids is 2. The van der Waals surface area contributed by atoms with E-state index in [2.05, 4.69) is 29.2 Å². The standard InChI is InChI=1S/C24H24INO5S/c1-5-9-31-22-18(25)12-17(13-20(22)29-4)14-21-23(27)26(24(28)32-21)8-10-30-19-11-15(2)6-7-16(19)3/h5-7,11-14H,1,8-10H2,2-4H3/b21-14-. The first kappa shape index (κ1) is 24.2. The molecule has 2 aromatic rings. The van der Waals surface area contributed by atoms with Gasteiger partial charge in [0.15, 0.2) is 11.5 Å². The number of hydrogen-bond donors (Lipinski definition) is 0. The maximum Gasteiger partial charge on any atom is 0.293 e. The average Bonchev–Trinajstić information content (AvgIpc) is 3.02. The molecule has 0 atom stereocenters. The maximum absolute atomic E-state index is 12.8. The number of amides is 2. The van der Waals surface area contributed by atoms with Crippen LogP contribution in [0.25, 0.3) is 6.08 Å². The molecule has 1 aliphatic rings. The zero-order valence-corrected chi connectivity index (χ0v) is 21.1. The predicted octanol–water partition coefficient (Wildman–Crippen LogP) is 5.60. The van der Waals surface area contributed by atoms with E-state index < -0.39 is 0 Å². The van der Waals surface area contributed by atoms with Crippen molar-refractivity contribution in [3.05, 3.63) is 68.2 Å². The second-order valence-corrected chi connectivity index (χ2v) is 9.24. The molecule has 2 aromatic carbocycles. The first-order valence-corrected chi connectivity index (χ1v) is 11.8. The highest BCUT2D eigenvalue weighted by molar-refractivity contribution is 14.1. The van der Waals surface area contributed by atoms with E-state index in [1.807, 2.05) is 38.1 Å². The molecule has 0 N–H and O–H groups in total. The van der Waals surface area contributed by atoms with Crippen LogP contribution in [0.3, 0.4) is 0 Å². The van der Waals surface area contributed by atoms with Crippen LogP contribution in [0.4, 0.5) is 4.79 Å². The Bertz CT molecular complexity index is 1080. The molecular weight excluding hydrogens is 541 g/mol. The average molecular weight is 565 g/mol. The van der Waals surface area contributed by atoms with Gasteiger partial charge in [0.05, 0.1) is 22.1 Å². The number of aryl methyl sites for hydroxylation is 2. The highest BCUT2D eigenvalue weighted by Gasteiger charge is 2.35. The lowest BCUT2D eigenvalue weighted by molar-refractivity contribution is -0.123. The van der Waals surface area contributed by atoms with Gasteiger partial charge in [0.2, 0.25) is 0 Å². The fraction of sp³-hybridized carbons (Fsp3) is 0.250. The van der Waals surface area contributed by atoms with Crippen molar-refractivity contribution in [2.45, 2.75) is 13.8 Å². The van der Waals surface area contributed by atoms with Gasteiger partial charge in [-0.05, 0) is 89.2 Å². The lowest BCUT2D eigenvalue weighted by Gasteiger charge is -2.15. The van der Waals surface area contributed by atoms with E-state index >= 15 is 0 Å². The first-order valence-electron chi connectivity index (χ1n) is 9.90. The Kier molecular flexibility index (Phi) is 8.25. The predicted molar refractivity (Wildman–Crippen MR) is 135 cm³/mol. The van der Waals surface area contributed by atoms with Crippen LogP contribution in [0.2, 0.25) is 0 Å². The Morgan fingerprint density at radius 3 is 2.62 bits per heavy atom. The summed E-state index contributed by atoms with van der Waals surface area (Å²) >= 11 is 3.07. The van der Waals surface area contributed by atoms with Gasteiger partial charge in [-0.25, -0.2) is 0 Å². The third-order valence-electron chi connectivity index (χ3n) is 4.68. The molecule has 1 fully saturated rings. The van der Waals surface area contributed by atoms with Crippen molar-refractivity contribution in [1.82, 2.24) is 4.90 Å². The van der Waals surface area contributed by atoms with Gasteiger partial charge in [-0.1, -0.05) is 24.8 Å². The second-order valence-electron chi connectivity index (χ2n) is 7.08. The Morgan fingerprint density at radius 1 is 1.12 bits per heavy atom. The van der Waals surface area contributed by atoms with Crippen LogP contribution in [-0.2, 0) is 4.79 Å². The summed E-state index contributed by atoms with van der Waals surface area (Å²) < 4.78 is 17.7. The summed E-state index contributed by atoms with van der Waals surface area (Å²) in [5.41, 5.74) is 2.84. The zero-order valence-electron chi connectivity index (χ0n) is 18.1. The molecule has 0 spiro atoms. The van der Waals surface area contributed by atoms with E-state index in [0.717, 1.165) is 37.8 Å². The molecule has 1 aliphatic heterocycles. The van der Waals surface area contributed by atoms with Gasteiger partial charge < -0.3 is 14.2 Å². The monoisotopic (exact) mass is 565 g/mol. The molecule has 0 saturated carbocycles. The van der Waals surface area contributed by atoms with Gasteiger partial charge in [-0.15, -0.1) is 0 Å². The van der Waals surface area contributed by atoms with Gasteiger partial charge in [-0.3, -0.25) is 14.5 Å². The smallest absolute Gasteiger partial charge is 0.293 e. The molecule has 32 heavy (non-hydrogen) atoms. The van der Waals surface area contributed by atoms with E-state index in [1.165, 1.54) is 4.90 Å². The molecule has 0 aliphatic carbocycles. The van der Waals surface area contributed by atoms with Gasteiger partial charge in [0, 0.05) is 0 Å². The third-order valence-corrected chi connectivity index (χ3v) is 6.39. The molecule has 0 radical (unpaired) electrons. The normalized spacial score (nSPS) is 14.8. The molecule has 6 nitrogen and oxygen atoms in total. The lowest BCUT2D eigenvalue weighted by Crippen LogP contribution is -2.32. The number of methoxy groups -OCH3 is 1. The molecule has 0 unspecified atom stereocenters. The van der Waals surface area contributed by atoms with Gasteiger partial charge in [-0.2, -0.15) is 0 Å². The number of carbonyl (C=O) groups is 2. The molecule has 1 heterocycles. The number of ether oxygens (including phenoxy) is 3. The summed E-state index contributed by atoms with van der Waals surface area (Å²) in [5.74, 6) is 1.59. The molecule has 0 bridgehead atoms. The third kappa shape index (κ3) is 5.66. The highest BCUT2D eigenvalue weighted by Crippen LogP contribution is 2.37. The van der Waals surface area contributed by atoms with Crippen molar-refractivity contribution < 1.29 is 23.8 Å². The topological polar surface area (TPSA) is 65.1 Å². The summed E-state index contributed by atoms with van der Waals surface area (Å²) in [5, 5.41) is -0.307. The summed E-state index contributed by atoms with van der Waals surface area (Å²) in [6.07, 6.45) is 3.35. The Morgan fingerprint density at radius 2 is 1.91 bits per heavy atom. The number of halogens is 1. The van der Waals surface area contributed by atoms with E-state index in [4.69, 9.17) is 14.2 Å². The van der Waals surface area contributed by atoms with Crippen molar-refractivity contribution in [1.29, 1.82) is 0 Å². The highest BCUT2D eigenvalue weighted by atomic mass is 127. The molecule has 3 rings (SSSR count). The molecule has 1 saturated heterocycles. The minimum atomic E-state index is -0.328. The van der Waals surface area contributed by atoms with Crippen LogP contribution >= 0.6 is 34.4 Å². The quantitative estimate of drug-likeness (QED) is 0.224. The van der Waals surface area contributed by atoms with Crippen LogP contribution < -0.4 is 14.2 Å². The maximum atomic E-state index is 12.8. The van der Waals surface area contributed by atoms with Crippen molar-refractivity contribution in [2.24, 2.45) is 0 Å². The fourth-order valence-electron chi connectivity index (χ4n) is 3.06. The van der Waals surface area contributed by atoms with Gasteiger partial charge in [0.1, 0.15) is 19.0 Å². The summed E-state index contributed by atoms with van der Waals surface area (Å²) in [7, 11) is 1.56. The molecule has 8 heteroatoms. The molecular formula is C24H24INO5S. The van der Waals surface area contributed by atoms with Crippen LogP contribution in [0.5, 0.6) is 17.2 Å². The lowest BCUT2D eigenvalue weighted by atomic mass is 10.1. The summed E-state index contributed by atoms with van der Waals surface area (Å²) in [6.45, 7) is 8.37. The molecule has 0 aromatic heterocycles.